The van der Waals surface area contributed by atoms with Crippen molar-refractivity contribution in [1.29, 1.82) is 0 Å². The van der Waals surface area contributed by atoms with E-state index in [1.165, 1.54) is 37.7 Å². The normalized spacial score (nSPS) is 16.4. The van der Waals surface area contributed by atoms with E-state index in [1.54, 1.807) is 14.2 Å². The van der Waals surface area contributed by atoms with Crippen LogP contribution in [0.3, 0.4) is 0 Å². The van der Waals surface area contributed by atoms with Gasteiger partial charge in [0.25, 0.3) is 0 Å². The maximum absolute atomic E-state index is 5.52. The van der Waals surface area contributed by atoms with Gasteiger partial charge in [-0.05, 0) is 48.6 Å². The number of benzene rings is 2. The standard InChI is InChI=1S/C21H27NO2/c1-23-18-14-12-17(13-15-18)21(16-8-4-3-5-9-16)22-19-10-6-7-11-20(19)24-2/h6-7,10-16,21-22H,3-5,8-9H2,1-2H3. The summed E-state index contributed by atoms with van der Waals surface area (Å²) in [5, 5.41) is 3.76. The summed E-state index contributed by atoms with van der Waals surface area (Å²) in [6, 6.07) is 16.9. The number of ether oxygens (including phenoxy) is 2. The largest absolute Gasteiger partial charge is 0.497 e. The number of hydrogen-bond acceptors (Lipinski definition) is 3. The van der Waals surface area contributed by atoms with Crippen LogP contribution < -0.4 is 14.8 Å². The molecule has 0 heterocycles. The van der Waals surface area contributed by atoms with Crippen molar-refractivity contribution >= 4 is 5.69 Å². The van der Waals surface area contributed by atoms with E-state index in [1.807, 2.05) is 12.1 Å². The molecule has 3 rings (SSSR count). The van der Waals surface area contributed by atoms with Gasteiger partial charge in [0.05, 0.1) is 25.9 Å². The Balaban J connectivity index is 1.88. The Kier molecular flexibility index (Phi) is 5.63. The third-order valence-corrected chi connectivity index (χ3v) is 5.01. The summed E-state index contributed by atoms with van der Waals surface area (Å²) in [4.78, 5) is 0. The van der Waals surface area contributed by atoms with E-state index in [2.05, 4.69) is 41.7 Å². The molecule has 0 amide bonds. The van der Waals surface area contributed by atoms with Crippen LogP contribution in [0, 0.1) is 5.92 Å². The molecule has 1 unspecified atom stereocenters. The molecule has 24 heavy (non-hydrogen) atoms. The van der Waals surface area contributed by atoms with Crippen LogP contribution in [0.4, 0.5) is 5.69 Å². The summed E-state index contributed by atoms with van der Waals surface area (Å²) >= 11 is 0. The van der Waals surface area contributed by atoms with Crippen molar-refractivity contribution in [3.8, 4) is 11.5 Å². The Morgan fingerprint density at radius 1 is 0.875 bits per heavy atom. The Morgan fingerprint density at radius 3 is 2.25 bits per heavy atom. The van der Waals surface area contributed by atoms with E-state index in [4.69, 9.17) is 9.47 Å². The van der Waals surface area contributed by atoms with Crippen LogP contribution in [0.5, 0.6) is 11.5 Å². The van der Waals surface area contributed by atoms with Crippen molar-refractivity contribution in [2.45, 2.75) is 38.1 Å². The van der Waals surface area contributed by atoms with Gasteiger partial charge in [-0.1, -0.05) is 43.5 Å². The van der Waals surface area contributed by atoms with Crippen LogP contribution in [0.25, 0.3) is 0 Å². The van der Waals surface area contributed by atoms with E-state index in [0.29, 0.717) is 12.0 Å². The van der Waals surface area contributed by atoms with Gasteiger partial charge in [0.15, 0.2) is 0 Å². The van der Waals surface area contributed by atoms with Gasteiger partial charge in [0.1, 0.15) is 11.5 Å². The quantitative estimate of drug-likeness (QED) is 0.767. The highest BCUT2D eigenvalue weighted by Crippen LogP contribution is 2.38. The van der Waals surface area contributed by atoms with Gasteiger partial charge in [0.2, 0.25) is 0 Å². The Morgan fingerprint density at radius 2 is 1.58 bits per heavy atom. The lowest BCUT2D eigenvalue weighted by Gasteiger charge is -2.32. The molecular formula is C21H27NO2. The lowest BCUT2D eigenvalue weighted by molar-refractivity contribution is 0.320. The van der Waals surface area contributed by atoms with Crippen LogP contribution in [0.15, 0.2) is 48.5 Å². The zero-order chi connectivity index (χ0) is 16.8. The summed E-state index contributed by atoms with van der Waals surface area (Å²) in [6.07, 6.45) is 6.56. The molecule has 0 aliphatic heterocycles. The first-order valence-electron chi connectivity index (χ1n) is 8.85. The van der Waals surface area contributed by atoms with Crippen LogP contribution in [0.2, 0.25) is 0 Å². The number of anilines is 1. The molecule has 0 bridgehead atoms. The average molecular weight is 325 g/mol. The highest BCUT2D eigenvalue weighted by atomic mass is 16.5. The summed E-state index contributed by atoms with van der Waals surface area (Å²) < 4.78 is 10.8. The third-order valence-electron chi connectivity index (χ3n) is 5.01. The molecule has 2 aromatic carbocycles. The average Bonchev–Trinajstić information content (AvgIpc) is 2.67. The van der Waals surface area contributed by atoms with E-state index in [-0.39, 0.29) is 0 Å². The lowest BCUT2D eigenvalue weighted by Crippen LogP contribution is -2.23. The summed E-state index contributed by atoms with van der Waals surface area (Å²) in [5.74, 6) is 2.45. The number of methoxy groups -OCH3 is 2. The molecule has 1 aliphatic rings. The Labute approximate surface area is 145 Å². The molecule has 3 nitrogen and oxygen atoms in total. The molecule has 0 aromatic heterocycles. The van der Waals surface area contributed by atoms with Gasteiger partial charge < -0.3 is 14.8 Å². The van der Waals surface area contributed by atoms with Crippen LogP contribution in [-0.4, -0.2) is 14.2 Å². The molecule has 0 radical (unpaired) electrons. The lowest BCUT2D eigenvalue weighted by atomic mass is 9.81. The Bertz CT molecular complexity index is 633. The predicted molar refractivity (Wildman–Crippen MR) is 98.9 cm³/mol. The molecule has 0 spiro atoms. The zero-order valence-electron chi connectivity index (χ0n) is 14.6. The molecule has 1 fully saturated rings. The smallest absolute Gasteiger partial charge is 0.141 e. The van der Waals surface area contributed by atoms with Crippen molar-refractivity contribution in [1.82, 2.24) is 0 Å². The first-order chi connectivity index (χ1) is 11.8. The number of hydrogen-bond donors (Lipinski definition) is 1. The highest BCUT2D eigenvalue weighted by Gasteiger charge is 2.25. The van der Waals surface area contributed by atoms with Gasteiger partial charge in [-0.25, -0.2) is 0 Å². The van der Waals surface area contributed by atoms with Gasteiger partial charge >= 0.3 is 0 Å². The fraction of sp³-hybridized carbons (Fsp3) is 0.429. The first-order valence-corrected chi connectivity index (χ1v) is 8.85. The molecule has 1 saturated carbocycles. The molecule has 1 atom stereocenters. The van der Waals surface area contributed by atoms with Crippen molar-refractivity contribution in [2.75, 3.05) is 19.5 Å². The van der Waals surface area contributed by atoms with Crippen molar-refractivity contribution in [3.63, 3.8) is 0 Å². The maximum Gasteiger partial charge on any atom is 0.141 e. The molecule has 3 heteroatoms. The minimum Gasteiger partial charge on any atom is -0.497 e. The predicted octanol–water partition coefficient (Wildman–Crippen LogP) is 5.44. The SMILES string of the molecule is COc1ccc(C(Nc2ccccc2OC)C2CCCCC2)cc1. The van der Waals surface area contributed by atoms with Gasteiger partial charge in [-0.2, -0.15) is 0 Å². The number of nitrogens with one attached hydrogen (secondary N) is 1. The molecule has 1 aliphatic carbocycles. The van der Waals surface area contributed by atoms with Crippen LogP contribution in [0.1, 0.15) is 43.7 Å². The summed E-state index contributed by atoms with van der Waals surface area (Å²) in [6.45, 7) is 0. The molecular weight excluding hydrogens is 298 g/mol. The van der Waals surface area contributed by atoms with Gasteiger partial charge in [-0.3, -0.25) is 0 Å². The van der Waals surface area contributed by atoms with Gasteiger partial charge in [-0.15, -0.1) is 0 Å². The van der Waals surface area contributed by atoms with Crippen LogP contribution in [-0.2, 0) is 0 Å². The summed E-state index contributed by atoms with van der Waals surface area (Å²) in [7, 11) is 3.43. The van der Waals surface area contributed by atoms with E-state index >= 15 is 0 Å². The zero-order valence-corrected chi connectivity index (χ0v) is 14.6. The second-order valence-electron chi connectivity index (χ2n) is 6.49. The minimum absolute atomic E-state index is 0.299. The van der Waals surface area contributed by atoms with Crippen LogP contribution >= 0.6 is 0 Å². The molecule has 2 aromatic rings. The van der Waals surface area contributed by atoms with Gasteiger partial charge in [0, 0.05) is 0 Å². The molecule has 1 N–H and O–H groups in total. The van der Waals surface area contributed by atoms with Crippen molar-refractivity contribution in [2.24, 2.45) is 5.92 Å². The monoisotopic (exact) mass is 325 g/mol. The van der Waals surface area contributed by atoms with E-state index in [0.717, 1.165) is 17.2 Å². The number of rotatable bonds is 6. The molecule has 128 valence electrons. The maximum atomic E-state index is 5.52. The topological polar surface area (TPSA) is 30.5 Å². The minimum atomic E-state index is 0.299. The highest BCUT2D eigenvalue weighted by molar-refractivity contribution is 5.57. The summed E-state index contributed by atoms with van der Waals surface area (Å²) in [5.41, 5.74) is 2.37. The molecule has 0 saturated heterocycles. The fourth-order valence-corrected chi connectivity index (χ4v) is 3.68. The Hall–Kier alpha value is -2.16. The van der Waals surface area contributed by atoms with Crippen molar-refractivity contribution < 1.29 is 9.47 Å². The fourth-order valence-electron chi connectivity index (χ4n) is 3.68. The third kappa shape index (κ3) is 3.84. The first kappa shape index (κ1) is 16.7. The second kappa shape index (κ2) is 8.09. The van der Waals surface area contributed by atoms with Crippen molar-refractivity contribution in [3.05, 3.63) is 54.1 Å². The second-order valence-corrected chi connectivity index (χ2v) is 6.49. The van der Waals surface area contributed by atoms with E-state index < -0.39 is 0 Å². The van der Waals surface area contributed by atoms with E-state index in [9.17, 15) is 0 Å². The number of para-hydroxylation sites is 2.